The number of halogens is 3. The molecule has 0 aliphatic carbocycles. The van der Waals surface area contributed by atoms with Gasteiger partial charge in [0.25, 0.3) is 11.5 Å². The van der Waals surface area contributed by atoms with Crippen LogP contribution in [0.25, 0.3) is 22.3 Å². The lowest BCUT2D eigenvalue weighted by molar-refractivity contribution is -0.120. The molecule has 2 N–H and O–H groups in total. The van der Waals surface area contributed by atoms with Crippen molar-refractivity contribution in [2.75, 3.05) is 0 Å². The molecule has 29 heavy (non-hydrogen) atoms. The minimum absolute atomic E-state index is 0.0633. The van der Waals surface area contributed by atoms with Crippen LogP contribution in [0.1, 0.15) is 0 Å². The zero-order chi connectivity index (χ0) is 21.4. The molecule has 152 valence electrons. The van der Waals surface area contributed by atoms with Crippen molar-refractivity contribution in [3.8, 4) is 17.0 Å². The van der Waals surface area contributed by atoms with Crippen LogP contribution >= 0.6 is 0 Å². The minimum atomic E-state index is -5.91. The predicted octanol–water partition coefficient (Wildman–Crippen LogP) is 1.73. The normalized spacial score (nSPS) is 12.1. The molecule has 1 heterocycles. The lowest BCUT2D eigenvalue weighted by Gasteiger charge is -2.13. The highest BCUT2D eigenvalue weighted by Gasteiger charge is 2.47. The van der Waals surface area contributed by atoms with Gasteiger partial charge in [0.2, 0.25) is 0 Å². The van der Waals surface area contributed by atoms with Gasteiger partial charge in [0.15, 0.2) is 0 Å². The van der Waals surface area contributed by atoms with Gasteiger partial charge >= 0.3 is 15.5 Å². The number of nitrogens with one attached hydrogen (secondary N) is 1. The predicted molar refractivity (Wildman–Crippen MR) is 96.2 cm³/mol. The van der Waals surface area contributed by atoms with E-state index in [0.717, 1.165) is 9.29 Å². The van der Waals surface area contributed by atoms with Crippen LogP contribution in [-0.4, -0.2) is 34.5 Å². The van der Waals surface area contributed by atoms with Crippen molar-refractivity contribution in [2.45, 2.75) is 12.1 Å². The van der Waals surface area contributed by atoms with Crippen molar-refractivity contribution in [1.29, 1.82) is 0 Å². The summed E-state index contributed by atoms with van der Waals surface area (Å²) in [6, 6.07) is 11.4. The molecular formula is C17H12F3N3O5S. The maximum atomic E-state index is 12.9. The van der Waals surface area contributed by atoms with Crippen LogP contribution in [0.5, 0.6) is 5.75 Å². The largest absolute Gasteiger partial charge is 0.516 e. The lowest BCUT2D eigenvalue weighted by Crippen LogP contribution is -2.42. The number of carbonyl (C=O) groups is 1. The number of sulfonamides is 1. The third kappa shape index (κ3) is 4.06. The molecule has 0 fully saturated rings. The number of aromatic nitrogens is 2. The van der Waals surface area contributed by atoms with Gasteiger partial charge < -0.3 is 5.11 Å². The number of nitrogens with zero attached hydrogens (tertiary/aromatic N) is 2. The number of carbonyl (C=O) groups excluding carboxylic acids is 1. The van der Waals surface area contributed by atoms with Crippen molar-refractivity contribution in [2.24, 2.45) is 0 Å². The molecule has 2 aromatic carbocycles. The van der Waals surface area contributed by atoms with Gasteiger partial charge in [-0.1, -0.05) is 12.1 Å². The fourth-order valence-electron chi connectivity index (χ4n) is 2.54. The monoisotopic (exact) mass is 427 g/mol. The van der Waals surface area contributed by atoms with E-state index in [4.69, 9.17) is 0 Å². The Bertz CT molecular complexity index is 1250. The van der Waals surface area contributed by atoms with Crippen LogP contribution in [0.15, 0.2) is 53.3 Å². The summed E-state index contributed by atoms with van der Waals surface area (Å²) in [4.78, 5) is 29.0. The van der Waals surface area contributed by atoms with Crippen LogP contribution in [0, 0.1) is 0 Å². The molecule has 0 atom stereocenters. The number of rotatable bonds is 4. The maximum Gasteiger partial charge on any atom is 0.516 e. The zero-order valence-corrected chi connectivity index (χ0v) is 15.2. The summed E-state index contributed by atoms with van der Waals surface area (Å²) < 4.78 is 61.4. The van der Waals surface area contributed by atoms with E-state index in [9.17, 15) is 36.3 Å². The van der Waals surface area contributed by atoms with E-state index < -0.39 is 33.5 Å². The first-order chi connectivity index (χ1) is 13.5. The van der Waals surface area contributed by atoms with Crippen molar-refractivity contribution in [1.82, 2.24) is 14.3 Å². The van der Waals surface area contributed by atoms with Crippen LogP contribution in [0.3, 0.4) is 0 Å². The van der Waals surface area contributed by atoms with E-state index in [2.05, 4.69) is 4.98 Å². The molecule has 3 aromatic rings. The number of phenolic OH excluding ortho intramolecular Hbond substituents is 1. The Morgan fingerprint density at radius 2 is 1.72 bits per heavy atom. The minimum Gasteiger partial charge on any atom is -0.508 e. The third-order valence-electron chi connectivity index (χ3n) is 3.85. The topological polar surface area (TPSA) is 118 Å². The number of para-hydroxylation sites is 2. The van der Waals surface area contributed by atoms with Gasteiger partial charge in [-0.15, -0.1) is 0 Å². The summed E-state index contributed by atoms with van der Waals surface area (Å²) >= 11 is 0. The van der Waals surface area contributed by atoms with Gasteiger partial charge in [0.1, 0.15) is 18.0 Å². The summed E-state index contributed by atoms with van der Waals surface area (Å²) in [5.74, 6) is -1.61. The van der Waals surface area contributed by atoms with Crippen LogP contribution in [0.2, 0.25) is 0 Å². The quantitative estimate of drug-likeness (QED) is 0.655. The summed E-state index contributed by atoms with van der Waals surface area (Å²) in [6.45, 7) is -0.984. The Hall–Kier alpha value is -3.41. The Labute approximate surface area is 161 Å². The van der Waals surface area contributed by atoms with E-state index in [1.54, 1.807) is 6.07 Å². The van der Waals surface area contributed by atoms with E-state index in [-0.39, 0.29) is 28.0 Å². The number of fused-ring (bicyclic) bond motifs is 1. The Kier molecular flexibility index (Phi) is 5.05. The molecule has 1 amide bonds. The second-order valence-corrected chi connectivity index (χ2v) is 7.54. The van der Waals surface area contributed by atoms with Crippen LogP contribution in [-0.2, 0) is 21.4 Å². The van der Waals surface area contributed by atoms with Gasteiger partial charge in [-0.2, -0.15) is 21.6 Å². The average Bonchev–Trinajstić information content (AvgIpc) is 2.63. The third-order valence-corrected chi connectivity index (χ3v) is 4.95. The number of amides is 1. The van der Waals surface area contributed by atoms with Crippen molar-refractivity contribution >= 4 is 27.0 Å². The van der Waals surface area contributed by atoms with Gasteiger partial charge in [-0.3, -0.25) is 14.2 Å². The second kappa shape index (κ2) is 7.20. The standard InChI is InChI=1S/C17H12F3N3O5S/c18-17(19,20)29(27,28)22-14(25)9-23-13-4-2-1-3-12(13)21-15(16(23)26)10-5-7-11(24)8-6-10/h1-8,24H,9H2,(H,22,25). The summed E-state index contributed by atoms with van der Waals surface area (Å²) in [7, 11) is -5.91. The number of alkyl halides is 3. The molecule has 0 aliphatic heterocycles. The van der Waals surface area contributed by atoms with Gasteiger partial charge in [-0.05, 0) is 36.4 Å². The molecule has 0 spiro atoms. The van der Waals surface area contributed by atoms with Gasteiger partial charge in [0, 0.05) is 5.56 Å². The molecule has 3 rings (SSSR count). The average molecular weight is 427 g/mol. The molecule has 0 unspecified atom stereocenters. The van der Waals surface area contributed by atoms with Crippen LogP contribution in [0.4, 0.5) is 13.2 Å². The highest BCUT2D eigenvalue weighted by Crippen LogP contribution is 2.22. The number of hydrogen-bond donors (Lipinski definition) is 2. The second-order valence-electron chi connectivity index (χ2n) is 5.86. The first-order valence-electron chi connectivity index (χ1n) is 7.90. The van der Waals surface area contributed by atoms with Crippen molar-refractivity contribution in [3.63, 3.8) is 0 Å². The maximum absolute atomic E-state index is 12.9. The first kappa shape index (κ1) is 20.3. The van der Waals surface area contributed by atoms with E-state index in [0.29, 0.717) is 0 Å². The number of aromatic hydroxyl groups is 1. The lowest BCUT2D eigenvalue weighted by atomic mass is 10.1. The molecular weight excluding hydrogens is 415 g/mol. The number of benzene rings is 2. The van der Waals surface area contributed by atoms with Crippen molar-refractivity contribution < 1.29 is 31.5 Å². The molecule has 0 radical (unpaired) electrons. The fraction of sp³-hybridized carbons (Fsp3) is 0.118. The molecule has 0 saturated carbocycles. The Morgan fingerprint density at radius 1 is 1.10 bits per heavy atom. The Morgan fingerprint density at radius 3 is 2.34 bits per heavy atom. The summed E-state index contributed by atoms with van der Waals surface area (Å²) in [5, 5.41) is 9.39. The molecule has 1 aromatic heterocycles. The van der Waals surface area contributed by atoms with E-state index in [1.165, 1.54) is 42.5 Å². The highest BCUT2D eigenvalue weighted by atomic mass is 32.2. The van der Waals surface area contributed by atoms with Crippen molar-refractivity contribution in [3.05, 3.63) is 58.9 Å². The van der Waals surface area contributed by atoms with Crippen LogP contribution < -0.4 is 10.3 Å². The van der Waals surface area contributed by atoms with Gasteiger partial charge in [-0.25, -0.2) is 9.71 Å². The number of hydrogen-bond acceptors (Lipinski definition) is 6. The summed E-state index contributed by atoms with van der Waals surface area (Å²) in [5.41, 5.74) is -5.97. The molecule has 0 bridgehead atoms. The molecule has 0 aliphatic rings. The van der Waals surface area contributed by atoms with Gasteiger partial charge in [0.05, 0.1) is 11.0 Å². The van der Waals surface area contributed by atoms with E-state index in [1.807, 2.05) is 0 Å². The molecule has 8 nitrogen and oxygen atoms in total. The highest BCUT2D eigenvalue weighted by molar-refractivity contribution is 7.90. The van der Waals surface area contributed by atoms with E-state index >= 15 is 0 Å². The summed E-state index contributed by atoms with van der Waals surface area (Å²) in [6.07, 6.45) is 0. The molecule has 0 saturated heterocycles. The SMILES string of the molecule is O=C(Cn1c(=O)c(-c2ccc(O)cc2)nc2ccccc21)NS(=O)(=O)C(F)(F)F. The molecule has 12 heteroatoms. The zero-order valence-electron chi connectivity index (χ0n) is 14.3. The number of phenols is 1. The first-order valence-corrected chi connectivity index (χ1v) is 9.39. The fourth-order valence-corrected chi connectivity index (χ4v) is 3.02. The smallest absolute Gasteiger partial charge is 0.508 e. The Balaban J connectivity index is 2.09.